The summed E-state index contributed by atoms with van der Waals surface area (Å²) in [6.45, 7) is 0.102. The molecule has 3 rings (SSSR count). The van der Waals surface area contributed by atoms with E-state index in [-0.39, 0.29) is 16.0 Å². The van der Waals surface area contributed by atoms with Crippen molar-refractivity contribution in [2.24, 2.45) is 0 Å². The quantitative estimate of drug-likeness (QED) is 0.327. The van der Waals surface area contributed by atoms with E-state index in [1.54, 1.807) is 36.4 Å². The van der Waals surface area contributed by atoms with Gasteiger partial charge in [0.25, 0.3) is 5.91 Å². The van der Waals surface area contributed by atoms with Crippen molar-refractivity contribution in [2.75, 3.05) is 19.0 Å². The van der Waals surface area contributed by atoms with Crippen LogP contribution in [0.15, 0.2) is 41.3 Å². The number of rotatable bonds is 6. The zero-order chi connectivity index (χ0) is 23.3. The van der Waals surface area contributed by atoms with E-state index in [1.807, 2.05) is 0 Å². The van der Waals surface area contributed by atoms with Gasteiger partial charge in [0, 0.05) is 5.69 Å². The lowest BCUT2D eigenvalue weighted by Crippen LogP contribution is -2.46. The molecule has 0 saturated carbocycles. The van der Waals surface area contributed by atoms with E-state index in [4.69, 9.17) is 51.3 Å². The number of anilines is 1. The van der Waals surface area contributed by atoms with Gasteiger partial charge in [-0.2, -0.15) is 5.01 Å². The molecule has 2 aromatic carbocycles. The smallest absolute Gasteiger partial charge is 0.338 e. The van der Waals surface area contributed by atoms with E-state index >= 15 is 0 Å². The summed E-state index contributed by atoms with van der Waals surface area (Å²) in [5.41, 5.74) is 3.50. The van der Waals surface area contributed by atoms with Crippen molar-refractivity contribution < 1.29 is 19.1 Å². The molecule has 2 N–H and O–H groups in total. The molecule has 0 spiro atoms. The maximum atomic E-state index is 12.8. The van der Waals surface area contributed by atoms with Crippen LogP contribution in [0.1, 0.15) is 5.56 Å². The van der Waals surface area contributed by atoms with Crippen LogP contribution in [-0.2, 0) is 4.79 Å². The molecule has 0 unspecified atom stereocenters. The largest absolute Gasteiger partial charge is 0.493 e. The minimum atomic E-state index is -0.669. The number of nitrogens with one attached hydrogen (secondary N) is 2. The molecule has 1 fully saturated rings. The third-order valence-corrected chi connectivity index (χ3v) is 6.02. The maximum absolute atomic E-state index is 12.8. The lowest BCUT2D eigenvalue weighted by atomic mass is 10.2. The van der Waals surface area contributed by atoms with Crippen molar-refractivity contribution in [3.05, 3.63) is 56.9 Å². The predicted octanol–water partition coefficient (Wildman–Crippen LogP) is 4.95. The Bertz CT molecular complexity index is 1160. The third kappa shape index (κ3) is 5.66. The first-order chi connectivity index (χ1) is 15.3. The fourth-order valence-electron chi connectivity index (χ4n) is 2.56. The molecule has 2 aromatic rings. The lowest BCUT2D eigenvalue weighted by molar-refractivity contribution is -0.123. The van der Waals surface area contributed by atoms with Gasteiger partial charge in [0.05, 0.1) is 22.1 Å². The Morgan fingerprint density at radius 2 is 2.03 bits per heavy atom. The Balaban J connectivity index is 1.71. The minimum Gasteiger partial charge on any atom is -0.493 e. The average molecular weight is 508 g/mol. The highest BCUT2D eigenvalue weighted by Gasteiger charge is 2.33. The van der Waals surface area contributed by atoms with Crippen LogP contribution in [0.3, 0.4) is 0 Å². The molecule has 164 valence electrons. The first-order valence-electron chi connectivity index (χ1n) is 8.87. The monoisotopic (exact) mass is 507 g/mol. The van der Waals surface area contributed by atoms with Crippen molar-refractivity contribution in [2.45, 2.75) is 0 Å². The van der Waals surface area contributed by atoms with E-state index < -0.39 is 11.9 Å². The second-order valence-electron chi connectivity index (χ2n) is 6.12. The SMILES string of the molecule is C#CCOc1ccc(/C=C2\SC(=S)N(NC(=O)Nc3ccc(Cl)c(Cl)c3)C2=O)cc1OC. The molecule has 0 atom stereocenters. The fourth-order valence-corrected chi connectivity index (χ4v) is 4.04. The van der Waals surface area contributed by atoms with Gasteiger partial charge in [-0.05, 0) is 54.2 Å². The second kappa shape index (κ2) is 10.6. The molecule has 7 nitrogen and oxygen atoms in total. The molecular formula is C21H15Cl2N3O4S2. The van der Waals surface area contributed by atoms with Gasteiger partial charge in [0.15, 0.2) is 15.8 Å². The fraction of sp³-hybridized carbons (Fsp3) is 0.0952. The van der Waals surface area contributed by atoms with Gasteiger partial charge in [-0.1, -0.05) is 47.0 Å². The summed E-state index contributed by atoms with van der Waals surface area (Å²) in [5, 5.41) is 4.18. The van der Waals surface area contributed by atoms with Crippen LogP contribution in [0.5, 0.6) is 11.5 Å². The third-order valence-electron chi connectivity index (χ3n) is 3.98. The Kier molecular flexibility index (Phi) is 7.88. The van der Waals surface area contributed by atoms with Crippen LogP contribution in [0.25, 0.3) is 6.08 Å². The molecule has 3 amide bonds. The van der Waals surface area contributed by atoms with Gasteiger partial charge in [-0.25, -0.2) is 10.2 Å². The summed E-state index contributed by atoms with van der Waals surface area (Å²) in [7, 11) is 1.50. The molecule has 1 saturated heterocycles. The number of urea groups is 1. The van der Waals surface area contributed by atoms with E-state index in [0.29, 0.717) is 32.7 Å². The minimum absolute atomic E-state index is 0.102. The molecular weight excluding hydrogens is 493 g/mol. The number of nitrogens with zero attached hydrogens (tertiary/aromatic N) is 1. The molecule has 1 heterocycles. The number of terminal acetylenes is 1. The van der Waals surface area contributed by atoms with Gasteiger partial charge >= 0.3 is 6.03 Å². The first-order valence-corrected chi connectivity index (χ1v) is 10.9. The van der Waals surface area contributed by atoms with E-state index in [2.05, 4.69) is 16.7 Å². The molecule has 0 bridgehead atoms. The van der Waals surface area contributed by atoms with Crippen LogP contribution < -0.4 is 20.2 Å². The zero-order valence-corrected chi connectivity index (χ0v) is 19.6. The number of amides is 3. The Morgan fingerprint density at radius 3 is 2.72 bits per heavy atom. The average Bonchev–Trinajstić information content (AvgIpc) is 3.02. The van der Waals surface area contributed by atoms with Crippen molar-refractivity contribution >= 4 is 75.2 Å². The predicted molar refractivity (Wildman–Crippen MR) is 131 cm³/mol. The summed E-state index contributed by atoms with van der Waals surface area (Å²) >= 11 is 18.1. The number of carbonyl (C=O) groups excluding carboxylic acids is 2. The van der Waals surface area contributed by atoms with E-state index in [1.165, 1.54) is 13.2 Å². The number of ether oxygens (including phenoxy) is 2. The highest BCUT2D eigenvalue weighted by Crippen LogP contribution is 2.34. The molecule has 1 aliphatic rings. The van der Waals surface area contributed by atoms with Crippen molar-refractivity contribution in [3.63, 3.8) is 0 Å². The topological polar surface area (TPSA) is 79.9 Å². The number of hydrogen-bond donors (Lipinski definition) is 2. The maximum Gasteiger partial charge on any atom is 0.338 e. The van der Waals surface area contributed by atoms with E-state index in [0.717, 1.165) is 16.8 Å². The number of methoxy groups -OCH3 is 1. The van der Waals surface area contributed by atoms with Crippen molar-refractivity contribution in [1.82, 2.24) is 10.4 Å². The summed E-state index contributed by atoms with van der Waals surface area (Å²) in [5.74, 6) is 2.85. The van der Waals surface area contributed by atoms with Crippen LogP contribution in [0, 0.1) is 12.3 Å². The van der Waals surface area contributed by atoms with Gasteiger partial charge < -0.3 is 14.8 Å². The standard InChI is InChI=1S/C21H15Cl2N3O4S2/c1-3-8-30-16-7-4-12(9-17(16)29-2)10-18-19(27)26(21(31)32-18)25-20(28)24-13-5-6-14(22)15(23)11-13/h1,4-7,9-11H,8H2,2H3,(H2,24,25,28)/b18-10-. The number of hydrazine groups is 1. The lowest BCUT2D eigenvalue weighted by Gasteiger charge is -2.16. The van der Waals surface area contributed by atoms with Crippen molar-refractivity contribution in [1.29, 1.82) is 0 Å². The number of carbonyl (C=O) groups is 2. The molecule has 0 aliphatic carbocycles. The Hall–Kier alpha value is -2.90. The Morgan fingerprint density at radius 1 is 1.25 bits per heavy atom. The summed E-state index contributed by atoms with van der Waals surface area (Å²) in [6, 6.07) is 9.05. The molecule has 32 heavy (non-hydrogen) atoms. The molecule has 0 aromatic heterocycles. The van der Waals surface area contributed by atoms with E-state index in [9.17, 15) is 9.59 Å². The molecule has 1 aliphatic heterocycles. The van der Waals surface area contributed by atoms with Crippen LogP contribution in [0.2, 0.25) is 10.0 Å². The molecule has 0 radical (unpaired) electrons. The van der Waals surface area contributed by atoms with Crippen LogP contribution in [-0.4, -0.2) is 35.0 Å². The van der Waals surface area contributed by atoms with Crippen molar-refractivity contribution in [3.8, 4) is 23.8 Å². The first kappa shape index (κ1) is 23.8. The number of hydrogen-bond acceptors (Lipinski definition) is 6. The summed E-state index contributed by atoms with van der Waals surface area (Å²) in [4.78, 5) is 25.4. The number of benzene rings is 2. The highest BCUT2D eigenvalue weighted by molar-refractivity contribution is 8.26. The number of halogens is 2. The normalized spacial score (nSPS) is 14.3. The molecule has 11 heteroatoms. The van der Waals surface area contributed by atoms with Gasteiger partial charge in [-0.3, -0.25) is 4.79 Å². The second-order valence-corrected chi connectivity index (χ2v) is 8.61. The van der Waals surface area contributed by atoms with Gasteiger partial charge in [0.2, 0.25) is 0 Å². The Labute approximate surface area is 204 Å². The summed E-state index contributed by atoms with van der Waals surface area (Å²) < 4.78 is 10.9. The van der Waals surface area contributed by atoms with Crippen LogP contribution >= 0.6 is 47.2 Å². The summed E-state index contributed by atoms with van der Waals surface area (Å²) in [6.07, 6.45) is 6.84. The highest BCUT2D eigenvalue weighted by atomic mass is 35.5. The van der Waals surface area contributed by atoms with Crippen LogP contribution in [0.4, 0.5) is 10.5 Å². The van der Waals surface area contributed by atoms with Gasteiger partial charge in [-0.15, -0.1) is 6.42 Å². The number of thiocarbonyl (C=S) groups is 1. The zero-order valence-electron chi connectivity index (χ0n) is 16.5. The number of thioether (sulfide) groups is 1. The van der Waals surface area contributed by atoms with Gasteiger partial charge in [0.1, 0.15) is 6.61 Å².